The Morgan fingerprint density at radius 3 is 2.35 bits per heavy atom. The molecule has 0 radical (unpaired) electrons. The van der Waals surface area contributed by atoms with Crippen LogP contribution in [0.15, 0.2) is 52.3 Å². The number of benzene rings is 2. The number of carbonyl (C=O) groups excluding carboxylic acids is 1. The van der Waals surface area contributed by atoms with Crippen molar-refractivity contribution in [2.75, 3.05) is 6.61 Å². The van der Waals surface area contributed by atoms with Gasteiger partial charge in [0, 0.05) is 9.79 Å². The minimum atomic E-state index is -4.58. The highest BCUT2D eigenvalue weighted by atomic mass is 32.2. The van der Waals surface area contributed by atoms with Crippen molar-refractivity contribution in [3.63, 3.8) is 0 Å². The predicted octanol–water partition coefficient (Wildman–Crippen LogP) is 5.33. The van der Waals surface area contributed by atoms with E-state index in [1.54, 1.807) is 38.1 Å². The van der Waals surface area contributed by atoms with Crippen LogP contribution in [0.4, 0.5) is 17.6 Å². The zero-order chi connectivity index (χ0) is 19.3. The molecule has 3 nitrogen and oxygen atoms in total. The molecule has 26 heavy (non-hydrogen) atoms. The van der Waals surface area contributed by atoms with E-state index >= 15 is 0 Å². The van der Waals surface area contributed by atoms with Crippen molar-refractivity contribution in [3.8, 4) is 5.75 Å². The maximum Gasteiger partial charge on any atom is 0.416 e. The minimum absolute atomic E-state index is 0.0755. The molecule has 2 aromatic rings. The molecule has 1 unspecified atom stereocenters. The van der Waals surface area contributed by atoms with Crippen LogP contribution in [-0.2, 0) is 15.7 Å². The van der Waals surface area contributed by atoms with Crippen LogP contribution in [0.2, 0.25) is 0 Å². The average Bonchev–Trinajstić information content (AvgIpc) is 2.57. The summed E-state index contributed by atoms with van der Waals surface area (Å²) in [7, 11) is 0. The summed E-state index contributed by atoms with van der Waals surface area (Å²) < 4.78 is 61.8. The lowest BCUT2D eigenvalue weighted by molar-refractivity contribution is -0.150. The molecule has 0 N–H and O–H groups in total. The van der Waals surface area contributed by atoms with E-state index in [1.165, 1.54) is 0 Å². The second kappa shape index (κ2) is 8.44. The van der Waals surface area contributed by atoms with Crippen LogP contribution in [0.25, 0.3) is 0 Å². The Bertz CT molecular complexity index is 760. The van der Waals surface area contributed by atoms with Crippen LogP contribution in [-0.4, -0.2) is 18.7 Å². The van der Waals surface area contributed by atoms with Gasteiger partial charge in [-0.1, -0.05) is 11.8 Å². The molecule has 0 aromatic heterocycles. The Morgan fingerprint density at radius 1 is 1.15 bits per heavy atom. The van der Waals surface area contributed by atoms with Gasteiger partial charge in [0.05, 0.1) is 12.2 Å². The first-order valence-electron chi connectivity index (χ1n) is 7.68. The number of esters is 1. The standard InChI is InChI=1S/C18H16F4O3S/c1-3-24-17(23)11(2)25-13-5-7-14(8-6-13)26-16-9-4-12(10-15(16)19)18(20,21)22/h4-11H,3H2,1-2H3. The van der Waals surface area contributed by atoms with Gasteiger partial charge < -0.3 is 9.47 Å². The Kier molecular flexibility index (Phi) is 6.52. The Hall–Kier alpha value is -2.22. The summed E-state index contributed by atoms with van der Waals surface area (Å²) in [5.41, 5.74) is -1.03. The molecular weight excluding hydrogens is 372 g/mol. The molecule has 0 aliphatic carbocycles. The number of rotatable bonds is 6. The summed E-state index contributed by atoms with van der Waals surface area (Å²) in [6.45, 7) is 3.50. The molecule has 2 rings (SSSR count). The molecule has 0 fully saturated rings. The summed E-state index contributed by atoms with van der Waals surface area (Å²) in [6.07, 6.45) is -5.36. The summed E-state index contributed by atoms with van der Waals surface area (Å²) in [5.74, 6) is -1.01. The van der Waals surface area contributed by atoms with Crippen LogP contribution < -0.4 is 4.74 Å². The lowest BCUT2D eigenvalue weighted by Gasteiger charge is -2.13. The van der Waals surface area contributed by atoms with Crippen LogP contribution >= 0.6 is 11.8 Å². The first kappa shape index (κ1) is 20.1. The lowest BCUT2D eigenvalue weighted by atomic mass is 10.2. The van der Waals surface area contributed by atoms with E-state index in [-0.39, 0.29) is 11.5 Å². The first-order chi connectivity index (χ1) is 12.2. The highest BCUT2D eigenvalue weighted by Gasteiger charge is 2.31. The van der Waals surface area contributed by atoms with Crippen molar-refractivity contribution in [1.82, 2.24) is 0 Å². The van der Waals surface area contributed by atoms with E-state index in [4.69, 9.17) is 9.47 Å². The summed E-state index contributed by atoms with van der Waals surface area (Å²) in [5, 5.41) is 0. The van der Waals surface area contributed by atoms with Gasteiger partial charge >= 0.3 is 12.1 Å². The Balaban J connectivity index is 2.04. The molecule has 0 spiro atoms. The molecule has 0 aliphatic rings. The fourth-order valence-corrected chi connectivity index (χ4v) is 2.80. The second-order valence-corrected chi connectivity index (χ2v) is 6.34. The van der Waals surface area contributed by atoms with Crippen LogP contribution in [0, 0.1) is 5.82 Å². The van der Waals surface area contributed by atoms with Gasteiger partial charge in [-0.05, 0) is 56.3 Å². The quantitative estimate of drug-likeness (QED) is 0.495. The van der Waals surface area contributed by atoms with Crippen molar-refractivity contribution in [2.45, 2.75) is 35.9 Å². The van der Waals surface area contributed by atoms with E-state index in [1.807, 2.05) is 0 Å². The number of hydrogen-bond donors (Lipinski definition) is 0. The van der Waals surface area contributed by atoms with E-state index in [0.717, 1.165) is 23.9 Å². The van der Waals surface area contributed by atoms with Gasteiger partial charge in [0.15, 0.2) is 6.10 Å². The lowest BCUT2D eigenvalue weighted by Crippen LogP contribution is -2.25. The molecule has 8 heteroatoms. The van der Waals surface area contributed by atoms with Gasteiger partial charge in [0.25, 0.3) is 0 Å². The molecule has 2 aromatic carbocycles. The smallest absolute Gasteiger partial charge is 0.416 e. The normalized spacial score (nSPS) is 12.5. The third-order valence-corrected chi connectivity index (χ3v) is 4.30. The zero-order valence-corrected chi connectivity index (χ0v) is 14.8. The monoisotopic (exact) mass is 388 g/mol. The van der Waals surface area contributed by atoms with Crippen molar-refractivity contribution in [3.05, 3.63) is 53.8 Å². The third-order valence-electron chi connectivity index (χ3n) is 3.24. The van der Waals surface area contributed by atoms with E-state index in [0.29, 0.717) is 16.7 Å². The van der Waals surface area contributed by atoms with Crippen molar-refractivity contribution >= 4 is 17.7 Å². The molecular formula is C18H16F4O3S. The van der Waals surface area contributed by atoms with Gasteiger partial charge in [-0.2, -0.15) is 13.2 Å². The van der Waals surface area contributed by atoms with Gasteiger partial charge in [-0.25, -0.2) is 9.18 Å². The molecule has 0 bridgehead atoms. The number of hydrogen-bond acceptors (Lipinski definition) is 4. The number of alkyl halides is 3. The van der Waals surface area contributed by atoms with Gasteiger partial charge in [-0.3, -0.25) is 0 Å². The fourth-order valence-electron chi connectivity index (χ4n) is 1.99. The molecule has 1 atom stereocenters. The number of carbonyl (C=O) groups is 1. The minimum Gasteiger partial charge on any atom is -0.479 e. The van der Waals surface area contributed by atoms with Crippen LogP contribution in [0.3, 0.4) is 0 Å². The average molecular weight is 388 g/mol. The van der Waals surface area contributed by atoms with Crippen LogP contribution in [0.5, 0.6) is 5.75 Å². The third kappa shape index (κ3) is 5.39. The number of ether oxygens (including phenoxy) is 2. The van der Waals surface area contributed by atoms with Crippen molar-refractivity contribution < 1.29 is 31.8 Å². The SMILES string of the molecule is CCOC(=O)C(C)Oc1ccc(Sc2ccc(C(F)(F)F)cc2F)cc1. The number of halogens is 4. The summed E-state index contributed by atoms with van der Waals surface area (Å²) in [4.78, 5) is 12.2. The largest absolute Gasteiger partial charge is 0.479 e. The summed E-state index contributed by atoms with van der Waals surface area (Å²) in [6, 6.07) is 8.81. The zero-order valence-electron chi connectivity index (χ0n) is 14.0. The molecule has 0 saturated heterocycles. The highest BCUT2D eigenvalue weighted by Crippen LogP contribution is 2.35. The molecule has 0 aliphatic heterocycles. The summed E-state index contributed by atoms with van der Waals surface area (Å²) >= 11 is 0.986. The maximum atomic E-state index is 13.9. The maximum absolute atomic E-state index is 13.9. The van der Waals surface area contributed by atoms with Crippen molar-refractivity contribution in [2.24, 2.45) is 0 Å². The molecule has 0 saturated carbocycles. The fraction of sp³-hybridized carbons (Fsp3) is 0.278. The second-order valence-electron chi connectivity index (χ2n) is 5.23. The van der Waals surface area contributed by atoms with Gasteiger partial charge in [0.2, 0.25) is 0 Å². The Morgan fingerprint density at radius 2 is 1.81 bits per heavy atom. The van der Waals surface area contributed by atoms with Crippen molar-refractivity contribution in [1.29, 1.82) is 0 Å². The van der Waals surface area contributed by atoms with E-state index < -0.39 is 29.6 Å². The predicted molar refractivity (Wildman–Crippen MR) is 88.7 cm³/mol. The van der Waals surface area contributed by atoms with Gasteiger partial charge in [-0.15, -0.1) is 0 Å². The Labute approximate surface area is 152 Å². The highest BCUT2D eigenvalue weighted by molar-refractivity contribution is 7.99. The first-order valence-corrected chi connectivity index (χ1v) is 8.50. The molecule has 140 valence electrons. The van der Waals surface area contributed by atoms with Crippen LogP contribution in [0.1, 0.15) is 19.4 Å². The molecule has 0 amide bonds. The van der Waals surface area contributed by atoms with E-state index in [9.17, 15) is 22.4 Å². The van der Waals surface area contributed by atoms with Gasteiger partial charge in [0.1, 0.15) is 11.6 Å². The topological polar surface area (TPSA) is 35.5 Å². The molecule has 0 heterocycles. The van der Waals surface area contributed by atoms with E-state index in [2.05, 4.69) is 0 Å².